The van der Waals surface area contributed by atoms with Crippen molar-refractivity contribution in [2.24, 2.45) is 0 Å². The lowest BCUT2D eigenvalue weighted by Gasteiger charge is -2.09. The van der Waals surface area contributed by atoms with Crippen LogP contribution < -0.4 is 15.4 Å². The van der Waals surface area contributed by atoms with E-state index in [0.717, 1.165) is 38.4 Å². The minimum absolute atomic E-state index is 0.0341. The van der Waals surface area contributed by atoms with Gasteiger partial charge >= 0.3 is 0 Å². The van der Waals surface area contributed by atoms with Crippen LogP contribution in [-0.4, -0.2) is 35.3 Å². The zero-order chi connectivity index (χ0) is 25.5. The second-order valence-corrected chi connectivity index (χ2v) is 9.59. The summed E-state index contributed by atoms with van der Waals surface area (Å²) in [6.07, 6.45) is 2.06. The van der Waals surface area contributed by atoms with E-state index in [1.807, 2.05) is 51.1 Å². The smallest absolute Gasteiger partial charge is 0.251 e. The first-order valence-corrected chi connectivity index (χ1v) is 13.0. The SMILES string of the molecule is CCOc1ccc(C(=O)NCCn2cc(SCC(=O)Nc3cc(C)ccc3C)c3ccccc32)cc1. The molecule has 0 aliphatic rings. The summed E-state index contributed by atoms with van der Waals surface area (Å²) >= 11 is 1.52. The molecule has 186 valence electrons. The van der Waals surface area contributed by atoms with Gasteiger partial charge < -0.3 is 19.9 Å². The highest BCUT2D eigenvalue weighted by atomic mass is 32.2. The van der Waals surface area contributed by atoms with Gasteiger partial charge in [-0.2, -0.15) is 0 Å². The summed E-state index contributed by atoms with van der Waals surface area (Å²) in [6.45, 7) is 7.63. The fourth-order valence-corrected chi connectivity index (χ4v) is 4.86. The Labute approximate surface area is 216 Å². The molecule has 2 N–H and O–H groups in total. The number of anilines is 1. The van der Waals surface area contributed by atoms with Gasteiger partial charge in [0.05, 0.1) is 12.4 Å². The van der Waals surface area contributed by atoms with E-state index < -0.39 is 0 Å². The second kappa shape index (κ2) is 11.8. The van der Waals surface area contributed by atoms with Gasteiger partial charge in [0.25, 0.3) is 5.91 Å². The summed E-state index contributed by atoms with van der Waals surface area (Å²) in [6, 6.07) is 21.3. The predicted octanol–water partition coefficient (Wildman–Crippen LogP) is 5.82. The molecule has 0 bridgehead atoms. The Balaban J connectivity index is 1.36. The van der Waals surface area contributed by atoms with Crippen LogP contribution in [0.1, 0.15) is 28.4 Å². The zero-order valence-corrected chi connectivity index (χ0v) is 21.7. The lowest BCUT2D eigenvalue weighted by Crippen LogP contribution is -2.27. The number of carbonyl (C=O) groups excluding carboxylic acids is 2. The largest absolute Gasteiger partial charge is 0.494 e. The number of hydrogen-bond acceptors (Lipinski definition) is 4. The topological polar surface area (TPSA) is 72.4 Å². The molecule has 1 aromatic heterocycles. The first kappa shape index (κ1) is 25.4. The number of fused-ring (bicyclic) bond motifs is 1. The molecule has 0 aliphatic carbocycles. The van der Waals surface area contributed by atoms with Crippen LogP contribution in [0.25, 0.3) is 10.9 Å². The van der Waals surface area contributed by atoms with Gasteiger partial charge in [0.15, 0.2) is 0 Å². The van der Waals surface area contributed by atoms with Gasteiger partial charge in [0.1, 0.15) is 5.75 Å². The van der Waals surface area contributed by atoms with Gasteiger partial charge in [-0.3, -0.25) is 9.59 Å². The summed E-state index contributed by atoms with van der Waals surface area (Å²) in [5.74, 6) is 0.913. The average Bonchev–Trinajstić information content (AvgIpc) is 3.23. The van der Waals surface area contributed by atoms with Crippen molar-refractivity contribution in [3.05, 3.63) is 89.6 Å². The van der Waals surface area contributed by atoms with Crippen LogP contribution in [0.2, 0.25) is 0 Å². The van der Waals surface area contributed by atoms with Crippen LogP contribution in [0.3, 0.4) is 0 Å². The Bertz CT molecular complexity index is 1360. The normalized spacial score (nSPS) is 10.9. The molecule has 0 atom stereocenters. The standard InChI is InChI=1S/C29H31N3O3S/c1-4-35-23-13-11-22(12-14-23)29(34)30-15-16-32-18-27(24-7-5-6-8-26(24)32)36-19-28(33)31-25-17-20(2)9-10-21(25)3/h5-14,17-18H,4,15-16,19H2,1-3H3,(H,30,34)(H,31,33). The number of thioether (sulfide) groups is 1. The monoisotopic (exact) mass is 501 g/mol. The highest BCUT2D eigenvalue weighted by molar-refractivity contribution is 8.00. The molecule has 0 saturated carbocycles. The highest BCUT2D eigenvalue weighted by Gasteiger charge is 2.12. The van der Waals surface area contributed by atoms with Gasteiger partial charge in [-0.05, 0) is 68.3 Å². The lowest BCUT2D eigenvalue weighted by atomic mass is 10.1. The molecule has 0 spiro atoms. The van der Waals surface area contributed by atoms with Crippen LogP contribution in [0, 0.1) is 13.8 Å². The predicted molar refractivity (Wildman–Crippen MR) is 147 cm³/mol. The van der Waals surface area contributed by atoms with Crippen LogP contribution in [0.4, 0.5) is 5.69 Å². The third-order valence-corrected chi connectivity index (χ3v) is 6.89. The molecule has 1 heterocycles. The number of rotatable bonds is 10. The van der Waals surface area contributed by atoms with Crippen LogP contribution >= 0.6 is 11.8 Å². The number of benzene rings is 3. The molecule has 3 aromatic carbocycles. The van der Waals surface area contributed by atoms with E-state index in [9.17, 15) is 9.59 Å². The van der Waals surface area contributed by atoms with Crippen molar-refractivity contribution in [2.45, 2.75) is 32.2 Å². The molecule has 4 rings (SSSR count). The Morgan fingerprint density at radius 1 is 1.00 bits per heavy atom. The fourth-order valence-electron chi connectivity index (χ4n) is 3.97. The number of amides is 2. The third kappa shape index (κ3) is 6.29. The Morgan fingerprint density at radius 2 is 1.78 bits per heavy atom. The van der Waals surface area contributed by atoms with Crippen molar-refractivity contribution in [3.63, 3.8) is 0 Å². The Kier molecular flexibility index (Phi) is 8.33. The number of nitrogens with zero attached hydrogens (tertiary/aromatic N) is 1. The van der Waals surface area contributed by atoms with Crippen molar-refractivity contribution in [3.8, 4) is 5.75 Å². The van der Waals surface area contributed by atoms with E-state index in [-0.39, 0.29) is 11.8 Å². The Hall–Kier alpha value is -3.71. The van der Waals surface area contributed by atoms with E-state index in [4.69, 9.17) is 4.74 Å². The number of hydrogen-bond donors (Lipinski definition) is 2. The molecule has 0 saturated heterocycles. The van der Waals surface area contributed by atoms with E-state index in [2.05, 4.69) is 33.5 Å². The van der Waals surface area contributed by atoms with Crippen molar-refractivity contribution in [1.82, 2.24) is 9.88 Å². The molecule has 0 aliphatic heterocycles. The third-order valence-electron chi connectivity index (χ3n) is 5.84. The van der Waals surface area contributed by atoms with Gasteiger partial charge in [-0.25, -0.2) is 0 Å². The molecule has 7 heteroatoms. The van der Waals surface area contributed by atoms with Gasteiger partial charge in [0.2, 0.25) is 5.91 Å². The molecule has 6 nitrogen and oxygen atoms in total. The minimum atomic E-state index is -0.118. The maximum absolute atomic E-state index is 12.6. The van der Waals surface area contributed by atoms with Crippen LogP contribution in [0.5, 0.6) is 5.75 Å². The molecule has 0 fully saturated rings. The van der Waals surface area contributed by atoms with E-state index in [0.29, 0.717) is 31.0 Å². The van der Waals surface area contributed by atoms with Gasteiger partial charge in [0, 0.05) is 46.3 Å². The van der Waals surface area contributed by atoms with E-state index in [1.54, 1.807) is 24.3 Å². The van der Waals surface area contributed by atoms with E-state index >= 15 is 0 Å². The van der Waals surface area contributed by atoms with Gasteiger partial charge in [-0.1, -0.05) is 30.3 Å². The van der Waals surface area contributed by atoms with Crippen molar-refractivity contribution < 1.29 is 14.3 Å². The zero-order valence-electron chi connectivity index (χ0n) is 20.8. The Morgan fingerprint density at radius 3 is 2.56 bits per heavy atom. The maximum atomic E-state index is 12.6. The lowest BCUT2D eigenvalue weighted by molar-refractivity contribution is -0.113. The average molecular weight is 502 g/mol. The maximum Gasteiger partial charge on any atom is 0.251 e. The van der Waals surface area contributed by atoms with Crippen LogP contribution in [-0.2, 0) is 11.3 Å². The van der Waals surface area contributed by atoms with Crippen molar-refractivity contribution >= 4 is 40.2 Å². The summed E-state index contributed by atoms with van der Waals surface area (Å²) in [5.41, 5.74) is 4.68. The number of carbonyl (C=O) groups is 2. The number of aromatic nitrogens is 1. The highest BCUT2D eigenvalue weighted by Crippen LogP contribution is 2.30. The van der Waals surface area contributed by atoms with E-state index in [1.165, 1.54) is 11.8 Å². The summed E-state index contributed by atoms with van der Waals surface area (Å²) in [4.78, 5) is 26.2. The number of ether oxygens (including phenoxy) is 1. The number of para-hydroxylation sites is 1. The molecule has 36 heavy (non-hydrogen) atoms. The molecule has 0 radical (unpaired) electrons. The summed E-state index contributed by atoms with van der Waals surface area (Å²) < 4.78 is 7.56. The number of aryl methyl sites for hydroxylation is 2. The first-order chi connectivity index (χ1) is 17.4. The van der Waals surface area contributed by atoms with Gasteiger partial charge in [-0.15, -0.1) is 11.8 Å². The van der Waals surface area contributed by atoms with Crippen molar-refractivity contribution in [2.75, 3.05) is 24.2 Å². The molecular formula is C29H31N3O3S. The quantitative estimate of drug-likeness (QED) is 0.269. The fraction of sp³-hybridized carbons (Fsp3) is 0.241. The molecule has 4 aromatic rings. The summed E-state index contributed by atoms with van der Waals surface area (Å²) in [5, 5.41) is 7.11. The molecule has 0 unspecified atom stereocenters. The van der Waals surface area contributed by atoms with Crippen molar-refractivity contribution in [1.29, 1.82) is 0 Å². The summed E-state index contributed by atoms with van der Waals surface area (Å²) in [7, 11) is 0. The first-order valence-electron chi connectivity index (χ1n) is 12.0. The van der Waals surface area contributed by atoms with Crippen LogP contribution in [0.15, 0.2) is 77.8 Å². The molecule has 2 amide bonds. The minimum Gasteiger partial charge on any atom is -0.494 e. The molecular weight excluding hydrogens is 470 g/mol. The second-order valence-electron chi connectivity index (χ2n) is 8.57. The number of nitrogens with one attached hydrogen (secondary N) is 2.